The molecular weight excluding hydrogens is 342 g/mol. The quantitative estimate of drug-likeness (QED) is 0.733. The molecule has 0 saturated carbocycles. The summed E-state index contributed by atoms with van der Waals surface area (Å²) in [6.07, 6.45) is 5.01. The van der Waals surface area contributed by atoms with E-state index in [1.54, 1.807) is 27.2 Å². The summed E-state index contributed by atoms with van der Waals surface area (Å²) in [5, 5.41) is 11.8. The molecule has 2 N–H and O–H groups in total. The second kappa shape index (κ2) is 6.62. The first-order valence-corrected chi connectivity index (χ1v) is 9.75. The van der Waals surface area contributed by atoms with Gasteiger partial charge in [-0.15, -0.1) is 11.3 Å². The third-order valence-corrected chi connectivity index (χ3v) is 6.15. The Labute approximate surface area is 147 Å². The van der Waals surface area contributed by atoms with Crippen molar-refractivity contribution in [1.82, 2.24) is 25.2 Å². The number of carbonyl (C=O) groups is 1. The van der Waals surface area contributed by atoms with Gasteiger partial charge in [-0.25, -0.2) is 9.50 Å². The van der Waals surface area contributed by atoms with Gasteiger partial charge in [-0.2, -0.15) is 5.10 Å². The third kappa shape index (κ3) is 3.22. The number of fused-ring (bicyclic) bond motifs is 1. The molecular formula is C16H19N5OS2. The first kappa shape index (κ1) is 15.7. The molecule has 24 heavy (non-hydrogen) atoms. The van der Waals surface area contributed by atoms with Crippen molar-refractivity contribution in [3.63, 3.8) is 0 Å². The number of rotatable bonds is 5. The van der Waals surface area contributed by atoms with Gasteiger partial charge in [0.05, 0.1) is 16.8 Å². The molecule has 1 amide bonds. The second-order valence-electron chi connectivity index (χ2n) is 5.94. The van der Waals surface area contributed by atoms with Crippen LogP contribution in [0.1, 0.15) is 44.1 Å². The van der Waals surface area contributed by atoms with Gasteiger partial charge in [-0.3, -0.25) is 4.79 Å². The molecule has 8 heteroatoms. The number of imidazole rings is 1. The molecule has 0 spiro atoms. The maximum absolute atomic E-state index is 12.3. The van der Waals surface area contributed by atoms with Gasteiger partial charge in [0.2, 0.25) is 4.96 Å². The molecule has 126 valence electrons. The molecule has 1 atom stereocenters. The van der Waals surface area contributed by atoms with Gasteiger partial charge in [0.1, 0.15) is 5.01 Å². The number of nitrogens with one attached hydrogen (secondary N) is 2. The number of hydrogen-bond acceptors (Lipinski definition) is 6. The van der Waals surface area contributed by atoms with Crippen molar-refractivity contribution >= 4 is 33.5 Å². The summed E-state index contributed by atoms with van der Waals surface area (Å²) >= 11 is 3.16. The Morgan fingerprint density at radius 2 is 2.38 bits per heavy atom. The van der Waals surface area contributed by atoms with E-state index in [1.807, 2.05) is 19.2 Å². The molecule has 6 nitrogen and oxygen atoms in total. The predicted molar refractivity (Wildman–Crippen MR) is 95.9 cm³/mol. The number of thiophene rings is 1. The van der Waals surface area contributed by atoms with Gasteiger partial charge < -0.3 is 10.6 Å². The van der Waals surface area contributed by atoms with Crippen LogP contribution in [0.3, 0.4) is 0 Å². The molecule has 0 bridgehead atoms. The van der Waals surface area contributed by atoms with E-state index in [1.165, 1.54) is 11.3 Å². The zero-order chi connectivity index (χ0) is 16.5. The van der Waals surface area contributed by atoms with Gasteiger partial charge in [0.15, 0.2) is 0 Å². The first-order valence-electron chi connectivity index (χ1n) is 8.12. The van der Waals surface area contributed by atoms with E-state index in [0.717, 1.165) is 33.5 Å². The lowest BCUT2D eigenvalue weighted by molar-refractivity contribution is 0.0958. The van der Waals surface area contributed by atoms with Crippen LogP contribution in [0, 0.1) is 6.92 Å². The van der Waals surface area contributed by atoms with E-state index in [2.05, 4.69) is 26.8 Å². The number of hydrogen-bond donors (Lipinski definition) is 2. The smallest absolute Gasteiger partial charge is 0.261 e. The summed E-state index contributed by atoms with van der Waals surface area (Å²) < 4.78 is 1.80. The minimum absolute atomic E-state index is 0.000706. The highest BCUT2D eigenvalue weighted by molar-refractivity contribution is 7.16. The largest absolute Gasteiger partial charge is 0.351 e. The van der Waals surface area contributed by atoms with Crippen LogP contribution in [0.4, 0.5) is 0 Å². The lowest BCUT2D eigenvalue weighted by Crippen LogP contribution is -2.24. The zero-order valence-corrected chi connectivity index (χ0v) is 15.0. The number of carbonyl (C=O) groups excluding carboxylic acids is 1. The molecule has 1 aliphatic heterocycles. The molecule has 4 rings (SSSR count). The van der Waals surface area contributed by atoms with Gasteiger partial charge in [0.25, 0.3) is 5.91 Å². The van der Waals surface area contributed by atoms with Gasteiger partial charge in [0, 0.05) is 23.9 Å². The standard InChI is InChI=1S/C16H19N5OS2/c1-10-20-21-9-11(19-16(21)23-10)6-8-18-15(22)14-5-4-13(24-14)12-3-2-7-17-12/h4-5,9,12,17H,2-3,6-8H2,1H3,(H,18,22)/t12-/m1/s1. The molecule has 4 heterocycles. The average molecular weight is 361 g/mol. The van der Waals surface area contributed by atoms with Crippen molar-refractivity contribution < 1.29 is 4.79 Å². The number of nitrogens with zero attached hydrogens (tertiary/aromatic N) is 3. The Morgan fingerprint density at radius 1 is 1.46 bits per heavy atom. The highest BCUT2D eigenvalue weighted by Gasteiger charge is 2.19. The zero-order valence-electron chi connectivity index (χ0n) is 13.4. The molecule has 1 fully saturated rings. The summed E-state index contributed by atoms with van der Waals surface area (Å²) in [5.74, 6) is -0.000706. The summed E-state index contributed by atoms with van der Waals surface area (Å²) in [4.78, 5) is 19.7. The van der Waals surface area contributed by atoms with E-state index in [9.17, 15) is 4.79 Å². The summed E-state index contributed by atoms with van der Waals surface area (Å²) in [6.45, 7) is 3.62. The van der Waals surface area contributed by atoms with Crippen molar-refractivity contribution in [1.29, 1.82) is 0 Å². The molecule has 1 saturated heterocycles. The minimum atomic E-state index is -0.000706. The fraction of sp³-hybridized carbons (Fsp3) is 0.438. The van der Waals surface area contributed by atoms with Crippen LogP contribution in [0.15, 0.2) is 18.3 Å². The first-order chi connectivity index (χ1) is 11.7. The Kier molecular flexibility index (Phi) is 4.34. The fourth-order valence-corrected chi connectivity index (χ4v) is 4.72. The van der Waals surface area contributed by atoms with Crippen LogP contribution in [0.5, 0.6) is 0 Å². The molecule has 3 aromatic heterocycles. The highest BCUT2D eigenvalue weighted by atomic mass is 32.1. The maximum Gasteiger partial charge on any atom is 0.261 e. The number of amides is 1. The van der Waals surface area contributed by atoms with Crippen LogP contribution in [0.2, 0.25) is 0 Å². The molecule has 1 aliphatic rings. The number of aryl methyl sites for hydroxylation is 1. The fourth-order valence-electron chi connectivity index (χ4n) is 2.95. The Bertz CT molecular complexity index is 827. The van der Waals surface area contributed by atoms with Crippen LogP contribution >= 0.6 is 22.7 Å². The normalized spacial score (nSPS) is 17.6. The Balaban J connectivity index is 1.31. The van der Waals surface area contributed by atoms with E-state index in [4.69, 9.17) is 0 Å². The molecule has 3 aromatic rings. The average Bonchev–Trinajstić information content (AvgIpc) is 3.30. The minimum Gasteiger partial charge on any atom is -0.351 e. The molecule has 0 radical (unpaired) electrons. The molecule has 0 aromatic carbocycles. The summed E-state index contributed by atoms with van der Waals surface area (Å²) in [6, 6.07) is 4.42. The topological polar surface area (TPSA) is 71.3 Å². The number of aromatic nitrogens is 3. The third-order valence-electron chi connectivity index (χ3n) is 4.12. The van der Waals surface area contributed by atoms with E-state index in [-0.39, 0.29) is 5.91 Å². The van der Waals surface area contributed by atoms with Gasteiger partial charge in [-0.1, -0.05) is 11.3 Å². The summed E-state index contributed by atoms with van der Waals surface area (Å²) in [7, 11) is 0. The Morgan fingerprint density at radius 3 is 3.17 bits per heavy atom. The van der Waals surface area contributed by atoms with Gasteiger partial charge >= 0.3 is 0 Å². The highest BCUT2D eigenvalue weighted by Crippen LogP contribution is 2.29. The van der Waals surface area contributed by atoms with E-state index >= 15 is 0 Å². The van der Waals surface area contributed by atoms with E-state index < -0.39 is 0 Å². The molecule has 0 unspecified atom stereocenters. The summed E-state index contributed by atoms with van der Waals surface area (Å²) in [5.41, 5.74) is 0.955. The maximum atomic E-state index is 12.3. The van der Waals surface area contributed by atoms with Crippen molar-refractivity contribution in [3.05, 3.63) is 38.8 Å². The SMILES string of the molecule is Cc1nn2cc(CCNC(=O)c3ccc([C@H]4CCCN4)s3)nc2s1. The van der Waals surface area contributed by atoms with Crippen LogP contribution in [-0.4, -0.2) is 33.6 Å². The van der Waals surface area contributed by atoms with Crippen LogP contribution in [-0.2, 0) is 6.42 Å². The predicted octanol–water partition coefficient (Wildman–Crippen LogP) is 2.56. The van der Waals surface area contributed by atoms with E-state index in [0.29, 0.717) is 19.0 Å². The lowest BCUT2D eigenvalue weighted by Gasteiger charge is -2.06. The van der Waals surface area contributed by atoms with Crippen molar-refractivity contribution in [3.8, 4) is 0 Å². The lowest BCUT2D eigenvalue weighted by atomic mass is 10.2. The van der Waals surface area contributed by atoms with Crippen molar-refractivity contribution in [2.45, 2.75) is 32.2 Å². The monoisotopic (exact) mass is 361 g/mol. The molecule has 0 aliphatic carbocycles. The van der Waals surface area contributed by atoms with Crippen molar-refractivity contribution in [2.75, 3.05) is 13.1 Å². The van der Waals surface area contributed by atoms with Crippen LogP contribution in [0.25, 0.3) is 4.96 Å². The Hall–Kier alpha value is -1.77. The second-order valence-corrected chi connectivity index (χ2v) is 8.21. The van der Waals surface area contributed by atoms with Crippen molar-refractivity contribution in [2.24, 2.45) is 0 Å². The van der Waals surface area contributed by atoms with Crippen LogP contribution < -0.4 is 10.6 Å². The van der Waals surface area contributed by atoms with Gasteiger partial charge in [-0.05, 0) is 38.4 Å².